The molecule has 7 heteroatoms. The van der Waals surface area contributed by atoms with Gasteiger partial charge in [0.05, 0.1) is 0 Å². The maximum atomic E-state index is 8.74. The minimum Gasteiger partial charge on any atom is -0.412 e. The predicted octanol–water partition coefficient (Wildman–Crippen LogP) is -1.48. The quantitative estimate of drug-likeness (QED) is 0.527. The second-order valence-corrected chi connectivity index (χ2v) is 1.34. The van der Waals surface area contributed by atoms with E-state index in [4.69, 9.17) is 17.5 Å². The van der Waals surface area contributed by atoms with Crippen molar-refractivity contribution in [2.45, 2.75) is 0 Å². The second kappa shape index (κ2) is 5.24. The van der Waals surface area contributed by atoms with Crippen LogP contribution in [0.4, 0.5) is 0 Å². The van der Waals surface area contributed by atoms with Crippen LogP contribution in [0.2, 0.25) is 0 Å². The maximum absolute atomic E-state index is 8.74. The first-order valence-electron chi connectivity index (χ1n) is 0.698. The molecule has 50 valence electrons. The van der Waals surface area contributed by atoms with Gasteiger partial charge in [0.1, 0.15) is 0 Å². The summed E-state index contributed by atoms with van der Waals surface area (Å²) in [5.74, 6) is 0. The van der Waals surface area contributed by atoms with Crippen LogP contribution in [0.3, 0.4) is 0 Å². The summed E-state index contributed by atoms with van der Waals surface area (Å²) in [5.41, 5.74) is 0. The molecule has 0 aromatic carbocycles. The van der Waals surface area contributed by atoms with Crippen LogP contribution in [0.15, 0.2) is 0 Å². The molecule has 0 bridgehead atoms. The standard InChI is InChI=1S/Dy.H2O4S.H2O/c;1-5(2,3)4;/h;(H2,1,2,3,4);1H2. The van der Waals surface area contributed by atoms with E-state index in [1.807, 2.05) is 0 Å². The van der Waals surface area contributed by atoms with Crippen LogP contribution in [0.5, 0.6) is 0 Å². The first-order valence-corrected chi connectivity index (χ1v) is 2.10. The van der Waals surface area contributed by atoms with Gasteiger partial charge in [0.25, 0.3) is 0 Å². The van der Waals surface area contributed by atoms with E-state index < -0.39 is 10.4 Å². The molecule has 0 fully saturated rings. The number of rotatable bonds is 0. The average molecular weight is 279 g/mol. The summed E-state index contributed by atoms with van der Waals surface area (Å²) >= 11 is 0. The largest absolute Gasteiger partial charge is 0.412 e. The second-order valence-electron chi connectivity index (χ2n) is 0.448. The van der Waals surface area contributed by atoms with Gasteiger partial charge < -0.3 is 5.48 Å². The van der Waals surface area contributed by atoms with Crippen molar-refractivity contribution in [1.29, 1.82) is 0 Å². The van der Waals surface area contributed by atoms with Crippen LogP contribution in [0, 0.1) is 38.2 Å². The number of hydrogen-bond donors (Lipinski definition) is 2. The molecular formula is H4DyO5S. The van der Waals surface area contributed by atoms with Crippen molar-refractivity contribution in [2.24, 2.45) is 0 Å². The molecule has 0 amide bonds. The summed E-state index contributed by atoms with van der Waals surface area (Å²) < 4.78 is 31.6. The molecule has 0 saturated carbocycles. The molecule has 0 aromatic heterocycles. The predicted molar refractivity (Wildman–Crippen MR) is 17.8 cm³/mol. The van der Waals surface area contributed by atoms with Gasteiger partial charge in [0, 0.05) is 38.2 Å². The molecule has 4 N–H and O–H groups in total. The van der Waals surface area contributed by atoms with Gasteiger partial charge >= 0.3 is 10.4 Å². The zero-order valence-electron chi connectivity index (χ0n) is 2.94. The Balaban J connectivity index is -0.0000000800. The summed E-state index contributed by atoms with van der Waals surface area (Å²) in [6, 6.07) is 0. The average Bonchev–Trinajstić information content (AvgIpc) is 0.722. The third kappa shape index (κ3) is 152. The Morgan fingerprint density at radius 1 is 1.14 bits per heavy atom. The van der Waals surface area contributed by atoms with Crippen molar-refractivity contribution in [3.63, 3.8) is 0 Å². The Morgan fingerprint density at radius 3 is 1.14 bits per heavy atom. The van der Waals surface area contributed by atoms with E-state index in [9.17, 15) is 0 Å². The summed E-state index contributed by atoms with van der Waals surface area (Å²) in [7, 11) is -4.67. The van der Waals surface area contributed by atoms with Gasteiger partial charge in [-0.1, -0.05) is 0 Å². The van der Waals surface area contributed by atoms with E-state index in [0.29, 0.717) is 0 Å². The van der Waals surface area contributed by atoms with E-state index in [1.54, 1.807) is 0 Å². The molecule has 0 aliphatic heterocycles. The van der Waals surface area contributed by atoms with Crippen LogP contribution in [0.1, 0.15) is 0 Å². The van der Waals surface area contributed by atoms with E-state index in [1.165, 1.54) is 0 Å². The van der Waals surface area contributed by atoms with Gasteiger partial charge in [-0.05, 0) is 0 Å². The molecule has 0 spiro atoms. The third-order valence-corrected chi connectivity index (χ3v) is 0. The van der Waals surface area contributed by atoms with Crippen LogP contribution >= 0.6 is 0 Å². The monoisotopic (exact) mass is 280 g/mol. The molecule has 5 nitrogen and oxygen atoms in total. The summed E-state index contributed by atoms with van der Waals surface area (Å²) in [5, 5.41) is 0. The first kappa shape index (κ1) is 15.7. The van der Waals surface area contributed by atoms with E-state index in [-0.39, 0.29) is 43.6 Å². The molecule has 0 atom stereocenters. The Morgan fingerprint density at radius 2 is 1.14 bits per heavy atom. The van der Waals surface area contributed by atoms with Crippen molar-refractivity contribution in [1.82, 2.24) is 0 Å². The first-order chi connectivity index (χ1) is 2.00. The number of hydrogen-bond acceptors (Lipinski definition) is 2. The normalized spacial score (nSPS) is 8.29. The zero-order chi connectivity index (χ0) is 4.50. The molecule has 0 rings (SSSR count). The molecule has 0 saturated heterocycles. The van der Waals surface area contributed by atoms with Gasteiger partial charge in [0.2, 0.25) is 0 Å². The summed E-state index contributed by atoms with van der Waals surface area (Å²) in [6.45, 7) is 0. The van der Waals surface area contributed by atoms with E-state index >= 15 is 0 Å². The molecular weight excluding hydrogens is 275 g/mol. The van der Waals surface area contributed by atoms with Crippen LogP contribution < -0.4 is 0 Å². The van der Waals surface area contributed by atoms with Crippen molar-refractivity contribution < 1.29 is 61.2 Å². The molecule has 0 radical (unpaired) electrons. The molecule has 0 unspecified atom stereocenters. The van der Waals surface area contributed by atoms with Crippen LogP contribution in [-0.2, 0) is 10.4 Å². The van der Waals surface area contributed by atoms with Gasteiger partial charge in [-0.2, -0.15) is 8.42 Å². The van der Waals surface area contributed by atoms with Gasteiger partial charge in [-0.3, -0.25) is 9.11 Å². The maximum Gasteiger partial charge on any atom is 0.394 e. The van der Waals surface area contributed by atoms with Crippen LogP contribution in [-0.4, -0.2) is 23.0 Å². The summed E-state index contributed by atoms with van der Waals surface area (Å²) in [4.78, 5) is 0. The Hall–Kier alpha value is 1.10. The molecule has 0 heterocycles. The third-order valence-electron chi connectivity index (χ3n) is 0. The fourth-order valence-electron chi connectivity index (χ4n) is 0. The molecule has 0 aromatic rings. The fraction of sp³-hybridized carbons (Fsp3) is 0. The van der Waals surface area contributed by atoms with Crippen molar-refractivity contribution in [3.05, 3.63) is 0 Å². The minimum atomic E-state index is -4.67. The summed E-state index contributed by atoms with van der Waals surface area (Å²) in [6.07, 6.45) is 0. The van der Waals surface area contributed by atoms with Crippen molar-refractivity contribution >= 4 is 10.4 Å². The Labute approximate surface area is 71.0 Å². The van der Waals surface area contributed by atoms with E-state index in [0.717, 1.165) is 0 Å². The molecule has 0 aliphatic carbocycles. The SMILES string of the molecule is O.O=S(=O)(O)O.[Dy]. The Kier molecular flexibility index (Phi) is 11.8. The topological polar surface area (TPSA) is 106 Å². The van der Waals surface area contributed by atoms with E-state index in [2.05, 4.69) is 0 Å². The Bertz CT molecular complexity index is 91.2. The zero-order valence-corrected chi connectivity index (χ0v) is 5.78. The van der Waals surface area contributed by atoms with Gasteiger partial charge in [0.15, 0.2) is 0 Å². The van der Waals surface area contributed by atoms with Gasteiger partial charge in [-0.25, -0.2) is 0 Å². The van der Waals surface area contributed by atoms with Gasteiger partial charge in [-0.15, -0.1) is 0 Å². The smallest absolute Gasteiger partial charge is 0.394 e. The van der Waals surface area contributed by atoms with Crippen molar-refractivity contribution in [2.75, 3.05) is 0 Å². The van der Waals surface area contributed by atoms with Crippen LogP contribution in [0.25, 0.3) is 0 Å². The minimum absolute atomic E-state index is 0. The molecule has 7 heavy (non-hydrogen) atoms. The van der Waals surface area contributed by atoms with Crippen molar-refractivity contribution in [3.8, 4) is 0 Å². The molecule has 0 aliphatic rings. The fourth-order valence-corrected chi connectivity index (χ4v) is 0.